The van der Waals surface area contributed by atoms with E-state index >= 15 is 0 Å². The maximum Gasteiger partial charge on any atom is 0.257 e. The van der Waals surface area contributed by atoms with Crippen molar-refractivity contribution in [1.29, 1.82) is 0 Å². The van der Waals surface area contributed by atoms with E-state index in [9.17, 15) is 9.59 Å². The van der Waals surface area contributed by atoms with Crippen LogP contribution >= 0.6 is 12.2 Å². The van der Waals surface area contributed by atoms with Crippen LogP contribution in [0, 0.1) is 5.92 Å². The lowest BCUT2D eigenvalue weighted by molar-refractivity contribution is -0.121. The highest BCUT2D eigenvalue weighted by Gasteiger charge is 2.08. The van der Waals surface area contributed by atoms with Gasteiger partial charge in [0.1, 0.15) is 5.75 Å². The van der Waals surface area contributed by atoms with Crippen molar-refractivity contribution in [2.75, 3.05) is 6.61 Å². The van der Waals surface area contributed by atoms with Gasteiger partial charge < -0.3 is 4.74 Å². The van der Waals surface area contributed by atoms with Gasteiger partial charge in [0.15, 0.2) is 5.11 Å². The highest BCUT2D eigenvalue weighted by atomic mass is 32.1. The van der Waals surface area contributed by atoms with Gasteiger partial charge in [0.05, 0.1) is 6.61 Å². The van der Waals surface area contributed by atoms with Crippen LogP contribution in [-0.4, -0.2) is 23.5 Å². The Balaban J connectivity index is 2.41. The van der Waals surface area contributed by atoms with Gasteiger partial charge in [0, 0.05) is 12.0 Å². The molecular formula is C17H25N3O3S. The lowest BCUT2D eigenvalue weighted by Gasteiger charge is -2.11. The van der Waals surface area contributed by atoms with Gasteiger partial charge in [-0.05, 0) is 55.2 Å². The lowest BCUT2D eigenvalue weighted by Crippen LogP contribution is -2.48. The minimum absolute atomic E-state index is 0.0433. The fourth-order valence-corrected chi connectivity index (χ4v) is 1.88. The molecule has 0 fully saturated rings. The zero-order valence-electron chi connectivity index (χ0n) is 14.3. The molecule has 1 aromatic rings. The molecule has 1 aromatic carbocycles. The molecule has 0 spiro atoms. The van der Waals surface area contributed by atoms with Crippen LogP contribution in [0.1, 0.15) is 50.4 Å². The highest BCUT2D eigenvalue weighted by Crippen LogP contribution is 2.13. The second-order valence-electron chi connectivity index (χ2n) is 5.76. The molecule has 3 N–H and O–H groups in total. The molecule has 24 heavy (non-hydrogen) atoms. The van der Waals surface area contributed by atoms with Crippen molar-refractivity contribution >= 4 is 29.1 Å². The third kappa shape index (κ3) is 7.92. The van der Waals surface area contributed by atoms with E-state index in [1.807, 2.05) is 6.92 Å². The average molecular weight is 351 g/mol. The number of rotatable bonds is 7. The number of thiocarbonyl (C=S) groups is 1. The Morgan fingerprint density at radius 1 is 1.17 bits per heavy atom. The molecule has 132 valence electrons. The van der Waals surface area contributed by atoms with Gasteiger partial charge in [0.2, 0.25) is 5.91 Å². The molecule has 6 nitrogen and oxygen atoms in total. The Bertz CT molecular complexity index is 559. The summed E-state index contributed by atoms with van der Waals surface area (Å²) in [5, 5.41) is 2.54. The van der Waals surface area contributed by atoms with E-state index in [-0.39, 0.29) is 16.9 Å². The molecule has 0 aliphatic rings. The Labute approximate surface area is 148 Å². The normalized spacial score (nSPS) is 10.2. The van der Waals surface area contributed by atoms with Gasteiger partial charge in [-0.3, -0.25) is 25.8 Å². The van der Waals surface area contributed by atoms with E-state index in [0.29, 0.717) is 24.5 Å². The van der Waals surface area contributed by atoms with Crippen molar-refractivity contribution in [1.82, 2.24) is 16.2 Å². The predicted molar refractivity (Wildman–Crippen MR) is 97.6 cm³/mol. The van der Waals surface area contributed by atoms with Crippen LogP contribution in [0.3, 0.4) is 0 Å². The number of carbonyl (C=O) groups excluding carboxylic acids is 2. The van der Waals surface area contributed by atoms with E-state index in [0.717, 1.165) is 18.6 Å². The molecule has 0 aliphatic heterocycles. The third-order valence-corrected chi connectivity index (χ3v) is 3.30. The number of hydrogen-bond acceptors (Lipinski definition) is 4. The Kier molecular flexibility index (Phi) is 8.78. The smallest absolute Gasteiger partial charge is 0.257 e. The number of amides is 2. The van der Waals surface area contributed by atoms with Crippen LogP contribution in [0.25, 0.3) is 0 Å². The Morgan fingerprint density at radius 2 is 1.83 bits per heavy atom. The first-order valence-corrected chi connectivity index (χ1v) is 8.46. The van der Waals surface area contributed by atoms with Gasteiger partial charge in [-0.25, -0.2) is 0 Å². The molecule has 0 heterocycles. The maximum atomic E-state index is 12.0. The van der Waals surface area contributed by atoms with Crippen molar-refractivity contribution in [2.24, 2.45) is 5.92 Å². The number of hydrazine groups is 1. The largest absolute Gasteiger partial charge is 0.494 e. The van der Waals surface area contributed by atoms with Gasteiger partial charge >= 0.3 is 0 Å². The van der Waals surface area contributed by atoms with Crippen LogP contribution < -0.4 is 20.9 Å². The number of hydrogen-bond donors (Lipinski definition) is 3. The van der Waals surface area contributed by atoms with Crippen molar-refractivity contribution < 1.29 is 14.3 Å². The third-order valence-electron chi connectivity index (χ3n) is 3.10. The summed E-state index contributed by atoms with van der Waals surface area (Å²) >= 11 is 4.96. The maximum absolute atomic E-state index is 12.0. The SMILES string of the molecule is CCCC(=O)NNC(=S)NC(=O)c1ccc(OCCC(C)C)cc1. The monoisotopic (exact) mass is 351 g/mol. The highest BCUT2D eigenvalue weighted by molar-refractivity contribution is 7.80. The van der Waals surface area contributed by atoms with Crippen LogP contribution in [0.5, 0.6) is 5.75 Å². The van der Waals surface area contributed by atoms with E-state index < -0.39 is 0 Å². The standard InChI is InChI=1S/C17H25N3O3S/c1-4-5-15(21)19-20-17(24)18-16(22)13-6-8-14(9-7-13)23-11-10-12(2)3/h6-9,12H,4-5,10-11H2,1-3H3,(H,19,21)(H2,18,20,22,24). The van der Waals surface area contributed by atoms with Crippen LogP contribution in [0.4, 0.5) is 0 Å². The molecule has 0 unspecified atom stereocenters. The molecule has 0 aliphatic carbocycles. The molecule has 0 radical (unpaired) electrons. The van der Waals surface area contributed by atoms with Crippen molar-refractivity contribution in [3.8, 4) is 5.75 Å². The Hall–Kier alpha value is -2.15. The summed E-state index contributed by atoms with van der Waals surface area (Å²) in [4.78, 5) is 23.4. The van der Waals surface area contributed by atoms with E-state index in [1.54, 1.807) is 24.3 Å². The first-order chi connectivity index (χ1) is 11.4. The topological polar surface area (TPSA) is 79.5 Å². The second-order valence-corrected chi connectivity index (χ2v) is 6.17. The summed E-state index contributed by atoms with van der Waals surface area (Å²) < 4.78 is 5.60. The average Bonchev–Trinajstić information content (AvgIpc) is 2.53. The van der Waals surface area contributed by atoms with Gasteiger partial charge in [-0.2, -0.15) is 0 Å². The zero-order valence-corrected chi connectivity index (χ0v) is 15.2. The first-order valence-electron chi connectivity index (χ1n) is 8.05. The summed E-state index contributed by atoms with van der Waals surface area (Å²) in [6.07, 6.45) is 2.10. The second kappa shape index (κ2) is 10.6. The minimum atomic E-state index is -0.356. The molecule has 7 heteroatoms. The molecule has 1 rings (SSSR count). The fourth-order valence-electron chi connectivity index (χ4n) is 1.74. The van der Waals surface area contributed by atoms with Gasteiger partial charge in [-0.15, -0.1) is 0 Å². The molecule has 0 saturated heterocycles. The van der Waals surface area contributed by atoms with Crippen molar-refractivity contribution in [3.63, 3.8) is 0 Å². The van der Waals surface area contributed by atoms with Crippen LogP contribution in [0.2, 0.25) is 0 Å². The van der Waals surface area contributed by atoms with Crippen molar-refractivity contribution in [3.05, 3.63) is 29.8 Å². The van der Waals surface area contributed by atoms with Crippen LogP contribution in [0.15, 0.2) is 24.3 Å². The summed E-state index contributed by atoms with van der Waals surface area (Å²) in [6.45, 7) is 6.82. The first kappa shape index (κ1) is 19.9. The van der Waals surface area contributed by atoms with E-state index in [1.165, 1.54) is 0 Å². The summed E-state index contributed by atoms with van der Waals surface area (Å²) in [5.41, 5.74) is 5.36. The summed E-state index contributed by atoms with van der Waals surface area (Å²) in [7, 11) is 0. The number of benzene rings is 1. The summed E-state index contributed by atoms with van der Waals surface area (Å²) in [6, 6.07) is 6.82. The number of ether oxygens (including phenoxy) is 1. The molecule has 0 saturated carbocycles. The number of carbonyl (C=O) groups is 2. The number of nitrogens with one attached hydrogen (secondary N) is 3. The summed E-state index contributed by atoms with van der Waals surface area (Å²) in [5.74, 6) is 0.768. The van der Waals surface area contributed by atoms with Gasteiger partial charge in [0.25, 0.3) is 5.91 Å². The predicted octanol–water partition coefficient (Wildman–Crippen LogP) is 2.55. The zero-order chi connectivity index (χ0) is 17.9. The Morgan fingerprint density at radius 3 is 2.42 bits per heavy atom. The molecule has 2 amide bonds. The molecule has 0 bridgehead atoms. The fraction of sp³-hybridized carbons (Fsp3) is 0.471. The van der Waals surface area contributed by atoms with Crippen molar-refractivity contribution in [2.45, 2.75) is 40.0 Å². The van der Waals surface area contributed by atoms with E-state index in [4.69, 9.17) is 17.0 Å². The molecular weight excluding hydrogens is 326 g/mol. The van der Waals surface area contributed by atoms with Crippen LogP contribution in [-0.2, 0) is 4.79 Å². The van der Waals surface area contributed by atoms with E-state index in [2.05, 4.69) is 30.0 Å². The minimum Gasteiger partial charge on any atom is -0.494 e. The quantitative estimate of drug-likeness (QED) is 0.520. The lowest BCUT2D eigenvalue weighted by atomic mass is 10.1. The van der Waals surface area contributed by atoms with Gasteiger partial charge in [-0.1, -0.05) is 20.8 Å². The molecule has 0 aromatic heterocycles. The molecule has 0 atom stereocenters.